The lowest BCUT2D eigenvalue weighted by Crippen LogP contribution is -2.57. The van der Waals surface area contributed by atoms with Gasteiger partial charge in [0.2, 0.25) is 5.91 Å². The molecule has 1 unspecified atom stereocenters. The molecule has 5 heteroatoms. The third kappa shape index (κ3) is 3.15. The zero-order valence-corrected chi connectivity index (χ0v) is 13.0. The van der Waals surface area contributed by atoms with E-state index in [2.05, 4.69) is 12.2 Å². The van der Waals surface area contributed by atoms with Gasteiger partial charge in [-0.05, 0) is 45.7 Å². The minimum Gasteiger partial charge on any atom is -0.384 e. The molecule has 2 aliphatic heterocycles. The normalized spacial score (nSPS) is 30.2. The van der Waals surface area contributed by atoms with Crippen LogP contribution in [0.2, 0.25) is 0 Å². The van der Waals surface area contributed by atoms with Gasteiger partial charge in [0.15, 0.2) is 0 Å². The molecule has 0 saturated carbocycles. The Kier molecular flexibility index (Phi) is 5.04. The van der Waals surface area contributed by atoms with Crippen molar-refractivity contribution >= 4 is 5.91 Å². The molecule has 1 N–H and O–H groups in total. The number of piperidine rings is 2. The SMILES string of the molecule is COCC1(C(=O)N2CCCC(C)(OC)C2)CCNCC1. The van der Waals surface area contributed by atoms with Crippen LogP contribution in [0.1, 0.15) is 32.6 Å². The van der Waals surface area contributed by atoms with Gasteiger partial charge in [0, 0.05) is 27.3 Å². The lowest BCUT2D eigenvalue weighted by Gasteiger charge is -2.45. The lowest BCUT2D eigenvalue weighted by atomic mass is 9.77. The number of ether oxygens (including phenoxy) is 2. The van der Waals surface area contributed by atoms with E-state index in [-0.39, 0.29) is 16.9 Å². The molecule has 5 nitrogen and oxygen atoms in total. The number of rotatable bonds is 4. The molecule has 1 atom stereocenters. The summed E-state index contributed by atoms with van der Waals surface area (Å²) >= 11 is 0. The first kappa shape index (κ1) is 15.7. The highest BCUT2D eigenvalue weighted by molar-refractivity contribution is 5.83. The van der Waals surface area contributed by atoms with Crippen LogP contribution in [0, 0.1) is 5.41 Å². The third-order valence-electron chi connectivity index (χ3n) is 4.87. The van der Waals surface area contributed by atoms with E-state index < -0.39 is 0 Å². The second-order valence-electron chi connectivity index (χ2n) is 6.45. The summed E-state index contributed by atoms with van der Waals surface area (Å²) in [5.41, 5.74) is -0.541. The number of methoxy groups -OCH3 is 2. The van der Waals surface area contributed by atoms with Gasteiger partial charge < -0.3 is 19.7 Å². The first-order valence-electron chi connectivity index (χ1n) is 7.59. The molecule has 2 saturated heterocycles. The average molecular weight is 284 g/mol. The van der Waals surface area contributed by atoms with E-state index in [1.54, 1.807) is 14.2 Å². The number of nitrogens with zero attached hydrogens (tertiary/aromatic N) is 1. The number of hydrogen-bond acceptors (Lipinski definition) is 4. The molecule has 2 aliphatic rings. The summed E-state index contributed by atoms with van der Waals surface area (Å²) in [6.07, 6.45) is 3.75. The smallest absolute Gasteiger partial charge is 0.231 e. The van der Waals surface area contributed by atoms with E-state index in [1.165, 1.54) is 0 Å². The Hall–Kier alpha value is -0.650. The number of hydrogen-bond donors (Lipinski definition) is 1. The highest BCUT2D eigenvalue weighted by Crippen LogP contribution is 2.34. The van der Waals surface area contributed by atoms with Gasteiger partial charge >= 0.3 is 0 Å². The molecule has 0 bridgehead atoms. The molecule has 116 valence electrons. The predicted molar refractivity (Wildman–Crippen MR) is 77.6 cm³/mol. The summed E-state index contributed by atoms with van der Waals surface area (Å²) in [5, 5.41) is 3.33. The Bertz CT molecular complexity index is 337. The van der Waals surface area contributed by atoms with Gasteiger partial charge in [-0.15, -0.1) is 0 Å². The maximum absolute atomic E-state index is 13.0. The molecule has 20 heavy (non-hydrogen) atoms. The minimum absolute atomic E-state index is 0.199. The highest BCUT2D eigenvalue weighted by Gasteiger charge is 2.44. The Morgan fingerprint density at radius 1 is 1.25 bits per heavy atom. The fraction of sp³-hybridized carbons (Fsp3) is 0.933. The minimum atomic E-state index is -0.341. The van der Waals surface area contributed by atoms with Crippen molar-refractivity contribution in [3.8, 4) is 0 Å². The van der Waals surface area contributed by atoms with Crippen molar-refractivity contribution in [2.45, 2.75) is 38.2 Å². The van der Waals surface area contributed by atoms with Crippen molar-refractivity contribution in [1.82, 2.24) is 10.2 Å². The maximum Gasteiger partial charge on any atom is 0.231 e. The van der Waals surface area contributed by atoms with Crippen LogP contribution in [0.15, 0.2) is 0 Å². The van der Waals surface area contributed by atoms with Gasteiger partial charge in [0.05, 0.1) is 17.6 Å². The van der Waals surface area contributed by atoms with Crippen molar-refractivity contribution in [3.63, 3.8) is 0 Å². The Morgan fingerprint density at radius 3 is 2.55 bits per heavy atom. The molecule has 0 radical (unpaired) electrons. The number of likely N-dealkylation sites (tertiary alicyclic amines) is 1. The van der Waals surface area contributed by atoms with E-state index in [9.17, 15) is 4.79 Å². The summed E-state index contributed by atoms with van der Waals surface area (Å²) in [7, 11) is 3.43. The fourth-order valence-corrected chi connectivity index (χ4v) is 3.48. The van der Waals surface area contributed by atoms with Crippen molar-refractivity contribution < 1.29 is 14.3 Å². The molecule has 0 aromatic rings. The fourth-order valence-electron chi connectivity index (χ4n) is 3.48. The van der Waals surface area contributed by atoms with E-state index in [4.69, 9.17) is 9.47 Å². The van der Waals surface area contributed by atoms with E-state index in [0.717, 1.165) is 45.3 Å². The first-order valence-corrected chi connectivity index (χ1v) is 7.59. The first-order chi connectivity index (χ1) is 9.55. The number of amides is 1. The van der Waals surface area contributed by atoms with Crippen LogP contribution in [-0.4, -0.2) is 63.4 Å². The second-order valence-corrected chi connectivity index (χ2v) is 6.45. The van der Waals surface area contributed by atoms with Crippen molar-refractivity contribution in [2.24, 2.45) is 5.41 Å². The zero-order valence-electron chi connectivity index (χ0n) is 13.0. The topological polar surface area (TPSA) is 50.8 Å². The molecule has 2 heterocycles. The number of carbonyl (C=O) groups is 1. The summed E-state index contributed by atoms with van der Waals surface area (Å²) in [6, 6.07) is 0. The van der Waals surface area contributed by atoms with Gasteiger partial charge in [0.1, 0.15) is 0 Å². The molecule has 0 aromatic carbocycles. The van der Waals surface area contributed by atoms with Gasteiger partial charge in [-0.3, -0.25) is 4.79 Å². The standard InChI is InChI=1S/C15H28N2O3/c1-14(20-3)5-4-10-17(11-14)13(18)15(12-19-2)6-8-16-9-7-15/h16H,4-12H2,1-3H3. The predicted octanol–water partition coefficient (Wildman–Crippen LogP) is 1.03. The maximum atomic E-state index is 13.0. The Labute approximate surface area is 122 Å². The molecule has 2 fully saturated rings. The summed E-state index contributed by atoms with van der Waals surface area (Å²) < 4.78 is 11.0. The molecule has 1 amide bonds. The van der Waals surface area contributed by atoms with Crippen LogP contribution in [0.4, 0.5) is 0 Å². The Morgan fingerprint density at radius 2 is 1.95 bits per heavy atom. The molecule has 0 aromatic heterocycles. The molecular weight excluding hydrogens is 256 g/mol. The van der Waals surface area contributed by atoms with Crippen LogP contribution in [0.5, 0.6) is 0 Å². The highest BCUT2D eigenvalue weighted by atomic mass is 16.5. The van der Waals surface area contributed by atoms with Crippen LogP contribution in [0.25, 0.3) is 0 Å². The van der Waals surface area contributed by atoms with Crippen LogP contribution in [0.3, 0.4) is 0 Å². The summed E-state index contributed by atoms with van der Waals surface area (Å²) in [5.74, 6) is 0.254. The summed E-state index contributed by atoms with van der Waals surface area (Å²) in [6.45, 7) is 5.94. The monoisotopic (exact) mass is 284 g/mol. The van der Waals surface area contributed by atoms with E-state index in [1.807, 2.05) is 4.90 Å². The lowest BCUT2D eigenvalue weighted by molar-refractivity contribution is -0.155. The average Bonchev–Trinajstić information content (AvgIpc) is 2.48. The molecule has 0 aliphatic carbocycles. The largest absolute Gasteiger partial charge is 0.384 e. The number of carbonyl (C=O) groups excluding carboxylic acids is 1. The van der Waals surface area contributed by atoms with E-state index >= 15 is 0 Å². The zero-order chi connectivity index (χ0) is 14.6. The van der Waals surface area contributed by atoms with Crippen LogP contribution < -0.4 is 5.32 Å². The van der Waals surface area contributed by atoms with Gasteiger partial charge in [-0.1, -0.05) is 0 Å². The van der Waals surface area contributed by atoms with Crippen LogP contribution >= 0.6 is 0 Å². The quantitative estimate of drug-likeness (QED) is 0.838. The van der Waals surface area contributed by atoms with Crippen molar-refractivity contribution in [1.29, 1.82) is 0 Å². The van der Waals surface area contributed by atoms with E-state index in [0.29, 0.717) is 13.2 Å². The van der Waals surface area contributed by atoms with Gasteiger partial charge in [-0.2, -0.15) is 0 Å². The molecule has 2 rings (SSSR count). The Balaban J connectivity index is 2.11. The third-order valence-corrected chi connectivity index (χ3v) is 4.87. The number of nitrogens with one attached hydrogen (secondary N) is 1. The summed E-state index contributed by atoms with van der Waals surface area (Å²) in [4.78, 5) is 15.0. The van der Waals surface area contributed by atoms with Gasteiger partial charge in [-0.25, -0.2) is 0 Å². The molecular formula is C15H28N2O3. The molecule has 0 spiro atoms. The van der Waals surface area contributed by atoms with Crippen molar-refractivity contribution in [2.75, 3.05) is 47.0 Å². The van der Waals surface area contributed by atoms with Gasteiger partial charge in [0.25, 0.3) is 0 Å². The second kappa shape index (κ2) is 6.41. The van der Waals surface area contributed by atoms with Crippen molar-refractivity contribution in [3.05, 3.63) is 0 Å². The van der Waals surface area contributed by atoms with Crippen LogP contribution in [-0.2, 0) is 14.3 Å².